The van der Waals surface area contributed by atoms with Crippen molar-refractivity contribution in [3.8, 4) is 5.75 Å². The summed E-state index contributed by atoms with van der Waals surface area (Å²) >= 11 is 9.22. The maximum Gasteiger partial charge on any atom is 0.422 e. The first-order valence-corrected chi connectivity index (χ1v) is 8.32. The van der Waals surface area contributed by atoms with E-state index in [0.29, 0.717) is 15.5 Å². The molecule has 4 nitrogen and oxygen atoms in total. The summed E-state index contributed by atoms with van der Waals surface area (Å²) in [6, 6.07) is 3.80. The van der Waals surface area contributed by atoms with Gasteiger partial charge in [-0.2, -0.15) is 13.2 Å². The molecule has 1 aromatic carbocycles. The number of ether oxygens (including phenoxy) is 1. The molecule has 0 fully saturated rings. The first-order valence-electron chi connectivity index (χ1n) is 7.15. The Morgan fingerprint density at radius 3 is 2.77 bits per heavy atom. The van der Waals surface area contributed by atoms with Crippen LogP contribution in [0.1, 0.15) is 17.2 Å². The van der Waals surface area contributed by atoms with E-state index in [9.17, 15) is 22.7 Å². The number of alkyl halides is 3. The summed E-state index contributed by atoms with van der Waals surface area (Å²) in [5.41, 5.74) is 0.332. The Balaban J connectivity index is 2.03. The number of pyridine rings is 1. The van der Waals surface area contributed by atoms with Crippen molar-refractivity contribution in [1.29, 1.82) is 0 Å². The largest absolute Gasteiger partial charge is 0.481 e. The molecule has 0 radical (unpaired) electrons. The molecule has 1 unspecified atom stereocenters. The average molecular weight is 454 g/mol. The van der Waals surface area contributed by atoms with Gasteiger partial charge in [0.15, 0.2) is 18.2 Å². The number of fused-ring (bicyclic) bond motifs is 1. The third kappa shape index (κ3) is 3.79. The normalized spacial score (nSPS) is 13.2. The molecule has 0 amide bonds. The van der Waals surface area contributed by atoms with Gasteiger partial charge in [0.05, 0.1) is 0 Å². The van der Waals surface area contributed by atoms with Crippen LogP contribution in [0.15, 0.2) is 35.1 Å². The lowest BCUT2D eigenvalue weighted by Crippen LogP contribution is -2.20. The summed E-state index contributed by atoms with van der Waals surface area (Å²) < 4.78 is 56.7. The van der Waals surface area contributed by atoms with Crippen molar-refractivity contribution in [2.45, 2.75) is 12.3 Å². The van der Waals surface area contributed by atoms with Crippen molar-refractivity contribution in [3.05, 3.63) is 57.0 Å². The molecule has 3 aromatic rings. The second-order valence-electron chi connectivity index (χ2n) is 5.37. The van der Waals surface area contributed by atoms with Gasteiger partial charge in [0.1, 0.15) is 11.8 Å². The molecule has 3 rings (SSSR count). The van der Waals surface area contributed by atoms with Gasteiger partial charge in [-0.3, -0.25) is 0 Å². The Bertz CT molecular complexity index is 961. The monoisotopic (exact) mass is 452 g/mol. The second-order valence-corrected chi connectivity index (χ2v) is 6.70. The number of nitrogens with zero attached hydrogens (tertiary/aromatic N) is 1. The van der Waals surface area contributed by atoms with E-state index in [1.807, 2.05) is 0 Å². The average Bonchev–Trinajstić information content (AvgIpc) is 2.96. The number of aromatic amines is 1. The van der Waals surface area contributed by atoms with Crippen molar-refractivity contribution < 1.29 is 27.4 Å². The van der Waals surface area contributed by atoms with Gasteiger partial charge >= 0.3 is 6.18 Å². The van der Waals surface area contributed by atoms with Gasteiger partial charge in [-0.15, -0.1) is 0 Å². The molecule has 26 heavy (non-hydrogen) atoms. The van der Waals surface area contributed by atoms with Gasteiger partial charge in [0, 0.05) is 38.4 Å². The van der Waals surface area contributed by atoms with Crippen LogP contribution >= 0.6 is 27.5 Å². The van der Waals surface area contributed by atoms with Crippen LogP contribution in [0.5, 0.6) is 5.75 Å². The van der Waals surface area contributed by atoms with E-state index in [4.69, 9.17) is 11.6 Å². The number of aliphatic hydroxyl groups is 1. The number of H-pyrrole nitrogens is 1. The van der Waals surface area contributed by atoms with Crippen molar-refractivity contribution in [1.82, 2.24) is 9.97 Å². The summed E-state index contributed by atoms with van der Waals surface area (Å²) in [4.78, 5) is 6.93. The van der Waals surface area contributed by atoms with E-state index < -0.39 is 30.5 Å². The Kier molecular flexibility index (Phi) is 5.14. The molecule has 2 aromatic heterocycles. The molecule has 0 saturated carbocycles. The Labute approximate surface area is 157 Å². The summed E-state index contributed by atoms with van der Waals surface area (Å²) in [6.45, 7) is -1.66. The minimum absolute atomic E-state index is 0.147. The van der Waals surface area contributed by atoms with Crippen LogP contribution in [0.2, 0.25) is 5.02 Å². The van der Waals surface area contributed by atoms with Crippen molar-refractivity contribution in [2.75, 3.05) is 6.61 Å². The molecule has 10 heteroatoms. The van der Waals surface area contributed by atoms with Crippen LogP contribution in [0.4, 0.5) is 17.6 Å². The van der Waals surface area contributed by atoms with Crippen molar-refractivity contribution in [2.24, 2.45) is 0 Å². The van der Waals surface area contributed by atoms with Crippen LogP contribution in [-0.4, -0.2) is 27.9 Å². The van der Waals surface area contributed by atoms with Gasteiger partial charge in [0.2, 0.25) is 0 Å². The van der Waals surface area contributed by atoms with Gasteiger partial charge in [-0.25, -0.2) is 9.37 Å². The summed E-state index contributed by atoms with van der Waals surface area (Å²) in [6.07, 6.45) is -3.21. The van der Waals surface area contributed by atoms with E-state index in [2.05, 4.69) is 30.6 Å². The molecule has 138 valence electrons. The number of hydrogen-bond acceptors (Lipinski definition) is 3. The molecule has 2 heterocycles. The van der Waals surface area contributed by atoms with Gasteiger partial charge in [-0.05, 0) is 34.1 Å². The molecule has 1 atom stereocenters. The minimum Gasteiger partial charge on any atom is -0.481 e. The second kappa shape index (κ2) is 7.05. The quantitative estimate of drug-likeness (QED) is 0.538. The molecule has 0 aliphatic rings. The fraction of sp³-hybridized carbons (Fsp3) is 0.188. The maximum atomic E-state index is 14.7. The van der Waals surface area contributed by atoms with Crippen LogP contribution < -0.4 is 4.74 Å². The molecular formula is C16H10BrClF4N2O2. The van der Waals surface area contributed by atoms with Crippen LogP contribution in [0.25, 0.3) is 11.0 Å². The standard InChI is InChI=1S/C16H10BrClF4N2O2/c17-7-3-8-9(5-24-15(8)23-4-7)14(25)12-10(18)1-2-11(13(12)19)26-6-16(20,21)22/h1-5,14,25H,6H2,(H,23,24). The maximum absolute atomic E-state index is 14.7. The molecule has 0 aliphatic carbocycles. The lowest BCUT2D eigenvalue weighted by Gasteiger charge is -2.16. The van der Waals surface area contributed by atoms with Crippen LogP contribution in [0.3, 0.4) is 0 Å². The fourth-order valence-corrected chi connectivity index (χ4v) is 3.03. The smallest absolute Gasteiger partial charge is 0.422 e. The van der Waals surface area contributed by atoms with Crippen LogP contribution in [-0.2, 0) is 0 Å². The highest BCUT2D eigenvalue weighted by Gasteiger charge is 2.30. The fourth-order valence-electron chi connectivity index (χ4n) is 2.45. The lowest BCUT2D eigenvalue weighted by molar-refractivity contribution is -0.153. The van der Waals surface area contributed by atoms with E-state index in [0.717, 1.165) is 12.1 Å². The predicted molar refractivity (Wildman–Crippen MR) is 90.8 cm³/mol. The predicted octanol–water partition coefficient (Wildman–Crippen LogP) is 5.14. The number of halogens is 6. The van der Waals surface area contributed by atoms with Gasteiger partial charge in [0.25, 0.3) is 0 Å². The van der Waals surface area contributed by atoms with Crippen molar-refractivity contribution in [3.63, 3.8) is 0 Å². The van der Waals surface area contributed by atoms with Gasteiger partial charge < -0.3 is 14.8 Å². The zero-order valence-electron chi connectivity index (χ0n) is 12.7. The lowest BCUT2D eigenvalue weighted by atomic mass is 10.0. The number of aromatic nitrogens is 2. The first kappa shape index (κ1) is 18.9. The Morgan fingerprint density at radius 2 is 2.08 bits per heavy atom. The van der Waals surface area contributed by atoms with Crippen LogP contribution in [0, 0.1) is 5.82 Å². The van der Waals surface area contributed by atoms with E-state index in [1.54, 1.807) is 6.07 Å². The molecule has 0 spiro atoms. The number of nitrogens with one attached hydrogen (secondary N) is 1. The third-order valence-electron chi connectivity index (χ3n) is 3.58. The van der Waals surface area contributed by atoms with E-state index in [-0.39, 0.29) is 16.1 Å². The number of benzene rings is 1. The molecule has 0 saturated heterocycles. The molecule has 2 N–H and O–H groups in total. The van der Waals surface area contributed by atoms with E-state index >= 15 is 0 Å². The highest BCUT2D eigenvalue weighted by atomic mass is 79.9. The molecular weight excluding hydrogens is 444 g/mol. The number of hydrogen-bond donors (Lipinski definition) is 2. The highest BCUT2D eigenvalue weighted by Crippen LogP contribution is 2.38. The minimum atomic E-state index is -4.63. The third-order valence-corrected chi connectivity index (χ3v) is 4.34. The van der Waals surface area contributed by atoms with E-state index in [1.165, 1.54) is 12.4 Å². The van der Waals surface area contributed by atoms with Gasteiger partial charge in [-0.1, -0.05) is 11.6 Å². The zero-order valence-corrected chi connectivity index (χ0v) is 15.1. The number of aliphatic hydroxyl groups excluding tert-OH is 1. The number of rotatable bonds is 4. The van der Waals surface area contributed by atoms with Crippen molar-refractivity contribution >= 4 is 38.6 Å². The first-order chi connectivity index (χ1) is 12.2. The Hall–Kier alpha value is -1.84. The summed E-state index contributed by atoms with van der Waals surface area (Å²) in [5, 5.41) is 11.0. The summed E-state index contributed by atoms with van der Waals surface area (Å²) in [5.74, 6) is -1.81. The Morgan fingerprint density at radius 1 is 1.35 bits per heavy atom. The molecule has 0 aliphatic heterocycles. The summed E-state index contributed by atoms with van der Waals surface area (Å²) in [7, 11) is 0. The highest BCUT2D eigenvalue weighted by molar-refractivity contribution is 9.10. The SMILES string of the molecule is OC(c1c(Cl)ccc(OCC(F)(F)F)c1F)c1c[nH]c2ncc(Br)cc12. The topological polar surface area (TPSA) is 58.1 Å². The molecule has 0 bridgehead atoms. The zero-order chi connectivity index (χ0) is 19.1.